The number of aromatic amines is 1. The number of halogens is 3. The number of imidazole rings is 1. The van der Waals surface area contributed by atoms with Crippen LogP contribution >= 0.6 is 61.1 Å². The van der Waals surface area contributed by atoms with E-state index in [-0.39, 0.29) is 0 Å². The van der Waals surface area contributed by atoms with Crippen LogP contribution in [0.1, 0.15) is 0 Å². The van der Waals surface area contributed by atoms with Crippen LogP contribution in [0.4, 0.5) is 0 Å². The number of nitrogens with one attached hydrogen (secondary N) is 1. The molecule has 1 aromatic rings. The van der Waals surface area contributed by atoms with Gasteiger partial charge in [0.1, 0.15) is 7.40 Å². The molecule has 0 aliphatic rings. The Morgan fingerprint density at radius 1 is 1.50 bits per heavy atom. The highest BCUT2D eigenvalue weighted by Crippen LogP contribution is 2.14. The van der Waals surface area contributed by atoms with Gasteiger partial charge in [-0.05, 0) is 61.1 Å². The molecule has 1 N–H and O–H groups in total. The van der Waals surface area contributed by atoms with E-state index in [0.717, 1.165) is 12.1 Å². The highest BCUT2D eigenvalue weighted by atomic mass is 127. The van der Waals surface area contributed by atoms with Crippen LogP contribution in [-0.4, -0.2) is 9.97 Å². The van der Waals surface area contributed by atoms with E-state index in [1.807, 2.05) is 0 Å². The minimum absolute atomic E-state index is 0.798. The molecule has 1 heterocycles. The Hall–Kier alpha value is 1.15. The van der Waals surface area contributed by atoms with Gasteiger partial charge in [0.15, 0.2) is 4.73 Å². The smallest absolute Gasteiger partial charge is 0.176 e. The SMILES string of the molecule is Brc1nc(I)c(I)[nH]1. The molecule has 0 aliphatic heterocycles. The molecular weight excluding hydrogens is 398 g/mol. The van der Waals surface area contributed by atoms with Crippen molar-refractivity contribution in [3.8, 4) is 0 Å². The predicted octanol–water partition coefficient (Wildman–Crippen LogP) is 2.38. The zero-order chi connectivity index (χ0) is 6.15. The minimum Gasteiger partial charge on any atom is -0.327 e. The monoisotopic (exact) mass is 398 g/mol. The summed E-state index contributed by atoms with van der Waals surface area (Å²) < 4.78 is 2.89. The average molecular weight is 399 g/mol. The van der Waals surface area contributed by atoms with Crippen molar-refractivity contribution in [2.24, 2.45) is 0 Å². The fraction of sp³-hybridized carbons (Fsp3) is 0. The largest absolute Gasteiger partial charge is 0.327 e. The van der Waals surface area contributed by atoms with Crippen molar-refractivity contribution < 1.29 is 0 Å². The molecule has 1 rings (SSSR count). The number of hydrogen-bond acceptors (Lipinski definition) is 1. The summed E-state index contributed by atoms with van der Waals surface area (Å²) in [6, 6.07) is 0. The maximum absolute atomic E-state index is 4.05. The van der Waals surface area contributed by atoms with Gasteiger partial charge in [0, 0.05) is 0 Å². The molecule has 0 amide bonds. The number of aromatic nitrogens is 2. The van der Waals surface area contributed by atoms with Crippen LogP contribution in [0.3, 0.4) is 0 Å². The van der Waals surface area contributed by atoms with E-state index in [0.29, 0.717) is 0 Å². The molecule has 0 radical (unpaired) electrons. The number of nitrogens with zero attached hydrogens (tertiary/aromatic N) is 1. The van der Waals surface area contributed by atoms with Crippen molar-refractivity contribution in [3.05, 3.63) is 12.1 Å². The molecule has 0 aromatic carbocycles. The normalized spacial score (nSPS) is 9.88. The van der Waals surface area contributed by atoms with Gasteiger partial charge >= 0.3 is 0 Å². The Balaban J connectivity index is 3.14. The number of rotatable bonds is 0. The average Bonchev–Trinajstić information content (AvgIpc) is 1.85. The lowest BCUT2D eigenvalue weighted by Crippen LogP contribution is -1.69. The van der Waals surface area contributed by atoms with E-state index >= 15 is 0 Å². The standard InChI is InChI=1S/C3HBrI2N2/c4-3-7-1(5)2(6)8-3/h(H,7,8). The van der Waals surface area contributed by atoms with E-state index in [1.165, 1.54) is 0 Å². The molecule has 0 saturated carbocycles. The number of H-pyrrole nitrogens is 1. The fourth-order valence-electron chi connectivity index (χ4n) is 0.305. The second-order valence-corrected chi connectivity index (χ2v) is 3.98. The maximum atomic E-state index is 4.05. The van der Waals surface area contributed by atoms with E-state index in [4.69, 9.17) is 0 Å². The summed E-state index contributed by atoms with van der Waals surface area (Å²) in [5.41, 5.74) is 0. The Labute approximate surface area is 82.3 Å². The fourth-order valence-corrected chi connectivity index (χ4v) is 2.14. The van der Waals surface area contributed by atoms with Crippen LogP contribution in [0.15, 0.2) is 4.73 Å². The van der Waals surface area contributed by atoms with Gasteiger partial charge in [0.2, 0.25) is 0 Å². The molecule has 0 saturated heterocycles. The zero-order valence-corrected chi connectivity index (χ0v) is 9.48. The van der Waals surface area contributed by atoms with Gasteiger partial charge in [-0.15, -0.1) is 0 Å². The second kappa shape index (κ2) is 2.82. The van der Waals surface area contributed by atoms with Crippen molar-refractivity contribution >= 4 is 61.1 Å². The molecule has 8 heavy (non-hydrogen) atoms. The zero-order valence-electron chi connectivity index (χ0n) is 3.58. The molecule has 0 unspecified atom stereocenters. The van der Waals surface area contributed by atoms with Gasteiger partial charge in [0.05, 0.1) is 0 Å². The summed E-state index contributed by atoms with van der Waals surface area (Å²) in [5, 5.41) is 0. The van der Waals surface area contributed by atoms with Crippen molar-refractivity contribution in [1.82, 2.24) is 9.97 Å². The van der Waals surface area contributed by atoms with E-state index in [1.54, 1.807) is 0 Å². The van der Waals surface area contributed by atoms with Crippen molar-refractivity contribution in [2.45, 2.75) is 0 Å². The second-order valence-electron chi connectivity index (χ2n) is 1.13. The molecule has 0 atom stereocenters. The summed E-state index contributed by atoms with van der Waals surface area (Å²) in [7, 11) is 0. The summed E-state index contributed by atoms with van der Waals surface area (Å²) in [6.07, 6.45) is 0. The van der Waals surface area contributed by atoms with E-state index < -0.39 is 0 Å². The van der Waals surface area contributed by atoms with Crippen LogP contribution in [0.5, 0.6) is 0 Å². The maximum Gasteiger partial charge on any atom is 0.176 e. The highest BCUT2D eigenvalue weighted by molar-refractivity contribution is 14.1. The van der Waals surface area contributed by atoms with Crippen LogP contribution in [0, 0.1) is 7.40 Å². The van der Waals surface area contributed by atoms with Gasteiger partial charge < -0.3 is 4.98 Å². The molecule has 44 valence electrons. The van der Waals surface area contributed by atoms with Crippen molar-refractivity contribution in [2.75, 3.05) is 0 Å². The third-order valence-corrected chi connectivity index (χ3v) is 3.56. The molecule has 0 fully saturated rings. The van der Waals surface area contributed by atoms with Crippen LogP contribution < -0.4 is 0 Å². The molecular formula is C3HBrI2N2. The Kier molecular flexibility index (Phi) is 2.56. The van der Waals surface area contributed by atoms with Gasteiger partial charge in [-0.1, -0.05) is 0 Å². The van der Waals surface area contributed by atoms with Gasteiger partial charge in [-0.2, -0.15) is 0 Å². The van der Waals surface area contributed by atoms with Gasteiger partial charge in [-0.3, -0.25) is 0 Å². The van der Waals surface area contributed by atoms with E-state index in [9.17, 15) is 0 Å². The lowest BCUT2D eigenvalue weighted by molar-refractivity contribution is 1.22. The predicted molar refractivity (Wildman–Crippen MR) is 51.7 cm³/mol. The quantitative estimate of drug-likeness (QED) is 0.668. The minimum atomic E-state index is 0.798. The third-order valence-electron chi connectivity index (χ3n) is 0.590. The molecule has 0 bridgehead atoms. The summed E-state index contributed by atoms with van der Waals surface area (Å²) >= 11 is 7.56. The van der Waals surface area contributed by atoms with Crippen LogP contribution in [0.25, 0.3) is 0 Å². The highest BCUT2D eigenvalue weighted by Gasteiger charge is 1.99. The Morgan fingerprint density at radius 3 is 2.25 bits per heavy atom. The Bertz CT molecular complexity index is 178. The van der Waals surface area contributed by atoms with Crippen LogP contribution in [0.2, 0.25) is 0 Å². The first-order chi connectivity index (χ1) is 3.70. The van der Waals surface area contributed by atoms with Crippen molar-refractivity contribution in [1.29, 1.82) is 0 Å². The van der Waals surface area contributed by atoms with Crippen molar-refractivity contribution in [3.63, 3.8) is 0 Å². The summed E-state index contributed by atoms with van der Waals surface area (Å²) in [6.45, 7) is 0. The first kappa shape index (κ1) is 7.26. The third kappa shape index (κ3) is 1.56. The number of hydrogen-bond donors (Lipinski definition) is 1. The molecule has 0 spiro atoms. The topological polar surface area (TPSA) is 28.7 Å². The lowest BCUT2D eigenvalue weighted by atomic mass is 11.0. The molecule has 5 heteroatoms. The molecule has 0 aliphatic carbocycles. The van der Waals surface area contributed by atoms with E-state index in [2.05, 4.69) is 71.1 Å². The van der Waals surface area contributed by atoms with Crippen LogP contribution in [-0.2, 0) is 0 Å². The van der Waals surface area contributed by atoms with Gasteiger partial charge in [-0.25, -0.2) is 4.98 Å². The lowest BCUT2D eigenvalue weighted by Gasteiger charge is -1.74. The molecule has 1 aromatic heterocycles. The summed E-state index contributed by atoms with van der Waals surface area (Å²) in [4.78, 5) is 7.04. The summed E-state index contributed by atoms with van der Waals surface area (Å²) in [5.74, 6) is 0. The first-order valence-corrected chi connectivity index (χ1v) is 4.71. The Morgan fingerprint density at radius 2 is 2.12 bits per heavy atom. The first-order valence-electron chi connectivity index (χ1n) is 1.76. The molecule has 2 nitrogen and oxygen atoms in total. The van der Waals surface area contributed by atoms with Gasteiger partial charge in [0.25, 0.3) is 0 Å².